The SMILES string of the molecule is Cc1ccc(NC(=O)COc2ccc(/C=N\NC(=O)CN(c3cccc([N+](=O)[O-])c3)S(=O)(=O)c3ccccc3)cc2)cc1. The van der Waals surface area contributed by atoms with Gasteiger partial charge in [-0.15, -0.1) is 0 Å². The molecule has 4 aromatic carbocycles. The van der Waals surface area contributed by atoms with Gasteiger partial charge < -0.3 is 10.1 Å². The van der Waals surface area contributed by atoms with Gasteiger partial charge in [-0.2, -0.15) is 5.10 Å². The van der Waals surface area contributed by atoms with Crippen molar-refractivity contribution in [1.29, 1.82) is 0 Å². The molecular formula is C30H27N5O7S. The number of nitro benzene ring substituents is 1. The van der Waals surface area contributed by atoms with Crippen molar-refractivity contribution in [2.75, 3.05) is 22.8 Å². The molecule has 0 heterocycles. The standard InChI is InChI=1S/C30H27N5O7S/c1-22-10-14-24(15-11-22)32-30(37)21-42-27-16-12-23(13-17-27)19-31-33-29(36)20-34(25-6-5-7-26(18-25)35(38)39)43(40,41)28-8-3-2-4-9-28/h2-19H,20-21H2,1H3,(H,32,37)(H,33,36)/b31-19-. The summed E-state index contributed by atoms with van der Waals surface area (Å²) in [6.45, 7) is 1.07. The fraction of sp³-hybridized carbons (Fsp3) is 0.100. The van der Waals surface area contributed by atoms with E-state index in [0.29, 0.717) is 17.0 Å². The third-order valence-corrected chi connectivity index (χ3v) is 7.72. The zero-order valence-electron chi connectivity index (χ0n) is 22.9. The van der Waals surface area contributed by atoms with Crippen LogP contribution in [0.5, 0.6) is 5.75 Å². The zero-order chi connectivity index (χ0) is 30.8. The summed E-state index contributed by atoms with van der Waals surface area (Å²) in [5.41, 5.74) is 4.23. The molecule has 43 heavy (non-hydrogen) atoms. The number of ether oxygens (including phenoxy) is 1. The van der Waals surface area contributed by atoms with E-state index in [-0.39, 0.29) is 28.8 Å². The Morgan fingerprint density at radius 3 is 2.30 bits per heavy atom. The third-order valence-electron chi connectivity index (χ3n) is 5.94. The Balaban J connectivity index is 1.37. The first-order valence-electron chi connectivity index (χ1n) is 12.9. The quantitative estimate of drug-likeness (QED) is 0.139. The number of carbonyl (C=O) groups is 2. The maximum Gasteiger partial charge on any atom is 0.271 e. The van der Waals surface area contributed by atoms with E-state index >= 15 is 0 Å². The molecule has 0 aromatic heterocycles. The maximum absolute atomic E-state index is 13.4. The van der Waals surface area contributed by atoms with E-state index in [0.717, 1.165) is 15.9 Å². The van der Waals surface area contributed by atoms with Gasteiger partial charge in [-0.1, -0.05) is 42.0 Å². The number of aryl methyl sites for hydroxylation is 1. The van der Waals surface area contributed by atoms with Gasteiger partial charge in [-0.3, -0.25) is 24.0 Å². The molecule has 0 saturated heterocycles. The number of sulfonamides is 1. The summed E-state index contributed by atoms with van der Waals surface area (Å²) >= 11 is 0. The number of anilines is 2. The van der Waals surface area contributed by atoms with Crippen molar-refractivity contribution >= 4 is 45.1 Å². The van der Waals surface area contributed by atoms with Crippen LogP contribution in [-0.2, 0) is 19.6 Å². The second-order valence-electron chi connectivity index (χ2n) is 9.17. The molecule has 0 atom stereocenters. The van der Waals surface area contributed by atoms with Gasteiger partial charge in [0.05, 0.1) is 21.7 Å². The molecule has 0 bridgehead atoms. The van der Waals surface area contributed by atoms with Crippen LogP contribution in [0, 0.1) is 17.0 Å². The first kappa shape index (κ1) is 30.4. The lowest BCUT2D eigenvalue weighted by Crippen LogP contribution is -2.39. The summed E-state index contributed by atoms with van der Waals surface area (Å²) in [7, 11) is -4.25. The molecule has 220 valence electrons. The molecule has 0 aliphatic rings. The number of benzene rings is 4. The number of hydrogen-bond donors (Lipinski definition) is 2. The van der Waals surface area contributed by atoms with Crippen molar-refractivity contribution < 1.29 is 27.7 Å². The van der Waals surface area contributed by atoms with Gasteiger partial charge in [0, 0.05) is 17.8 Å². The molecular weight excluding hydrogens is 574 g/mol. The summed E-state index contributed by atoms with van der Waals surface area (Å²) in [5, 5.41) is 17.9. The number of amides is 2. The minimum atomic E-state index is -4.25. The molecule has 0 aliphatic heterocycles. The van der Waals surface area contributed by atoms with Gasteiger partial charge in [0.2, 0.25) is 0 Å². The minimum absolute atomic E-state index is 0.0553. The molecule has 2 N–H and O–H groups in total. The Labute approximate surface area is 247 Å². The van der Waals surface area contributed by atoms with Gasteiger partial charge in [-0.05, 0) is 67.1 Å². The van der Waals surface area contributed by atoms with Gasteiger partial charge in [-0.25, -0.2) is 13.8 Å². The highest BCUT2D eigenvalue weighted by atomic mass is 32.2. The summed E-state index contributed by atoms with van der Waals surface area (Å²) in [6, 6.07) is 26.3. The highest BCUT2D eigenvalue weighted by Crippen LogP contribution is 2.26. The normalized spacial score (nSPS) is 11.1. The van der Waals surface area contributed by atoms with Crippen molar-refractivity contribution in [3.63, 3.8) is 0 Å². The minimum Gasteiger partial charge on any atom is -0.484 e. The zero-order valence-corrected chi connectivity index (χ0v) is 23.7. The van der Waals surface area contributed by atoms with E-state index in [9.17, 15) is 28.1 Å². The molecule has 12 nitrogen and oxygen atoms in total. The first-order valence-corrected chi connectivity index (χ1v) is 14.3. The third kappa shape index (κ3) is 8.47. The molecule has 0 fully saturated rings. The predicted octanol–water partition coefficient (Wildman–Crippen LogP) is 4.27. The van der Waals surface area contributed by atoms with E-state index in [1.807, 2.05) is 19.1 Å². The van der Waals surface area contributed by atoms with Crippen LogP contribution >= 0.6 is 0 Å². The number of nitrogens with zero attached hydrogens (tertiary/aromatic N) is 3. The first-order chi connectivity index (χ1) is 20.6. The lowest BCUT2D eigenvalue weighted by atomic mass is 10.2. The number of rotatable bonds is 12. The number of nitrogens with one attached hydrogen (secondary N) is 2. The molecule has 13 heteroatoms. The second-order valence-corrected chi connectivity index (χ2v) is 11.0. The molecule has 4 rings (SSSR count). The van der Waals surface area contributed by atoms with Crippen molar-refractivity contribution in [2.45, 2.75) is 11.8 Å². The van der Waals surface area contributed by atoms with Crippen molar-refractivity contribution in [2.24, 2.45) is 5.10 Å². The second kappa shape index (κ2) is 13.9. The Bertz CT molecular complexity index is 1730. The number of hydrazone groups is 1. The molecule has 0 radical (unpaired) electrons. The highest BCUT2D eigenvalue weighted by Gasteiger charge is 2.28. The molecule has 0 saturated carbocycles. The van der Waals surface area contributed by atoms with Crippen LogP contribution in [0.1, 0.15) is 11.1 Å². The molecule has 0 unspecified atom stereocenters. The smallest absolute Gasteiger partial charge is 0.271 e. The van der Waals surface area contributed by atoms with Crippen molar-refractivity contribution in [3.8, 4) is 5.75 Å². The number of nitro groups is 1. The summed E-state index contributed by atoms with van der Waals surface area (Å²) in [4.78, 5) is 35.4. The van der Waals surface area contributed by atoms with E-state index in [2.05, 4.69) is 15.8 Å². The van der Waals surface area contributed by atoms with Crippen molar-refractivity contribution in [1.82, 2.24) is 5.43 Å². The Hall–Kier alpha value is -5.56. The van der Waals surface area contributed by atoms with Crippen molar-refractivity contribution in [3.05, 3.63) is 124 Å². The predicted molar refractivity (Wildman–Crippen MR) is 162 cm³/mol. The molecule has 0 spiro atoms. The largest absolute Gasteiger partial charge is 0.484 e. The number of carbonyl (C=O) groups excluding carboxylic acids is 2. The van der Waals surface area contributed by atoms with Crippen LogP contribution in [0.3, 0.4) is 0 Å². The Morgan fingerprint density at radius 2 is 1.63 bits per heavy atom. The van der Waals surface area contributed by atoms with Crippen LogP contribution in [0.2, 0.25) is 0 Å². The monoisotopic (exact) mass is 601 g/mol. The molecule has 0 aliphatic carbocycles. The number of hydrogen-bond acceptors (Lipinski definition) is 8. The van der Waals surface area contributed by atoms with Crippen LogP contribution in [0.15, 0.2) is 113 Å². The maximum atomic E-state index is 13.4. The average Bonchev–Trinajstić information content (AvgIpc) is 3.01. The van der Waals surface area contributed by atoms with Gasteiger partial charge in [0.1, 0.15) is 12.3 Å². The van der Waals surface area contributed by atoms with Crippen LogP contribution < -0.4 is 19.8 Å². The fourth-order valence-electron chi connectivity index (χ4n) is 3.77. The average molecular weight is 602 g/mol. The van der Waals surface area contributed by atoms with E-state index in [1.165, 1.54) is 48.7 Å². The molecule has 4 aromatic rings. The van der Waals surface area contributed by atoms with Gasteiger partial charge in [0.15, 0.2) is 6.61 Å². The topological polar surface area (TPSA) is 160 Å². The summed E-state index contributed by atoms with van der Waals surface area (Å²) in [6.07, 6.45) is 1.34. The van der Waals surface area contributed by atoms with Gasteiger partial charge >= 0.3 is 0 Å². The fourth-order valence-corrected chi connectivity index (χ4v) is 5.21. The van der Waals surface area contributed by atoms with Crippen LogP contribution in [0.25, 0.3) is 0 Å². The van der Waals surface area contributed by atoms with E-state index in [1.54, 1.807) is 42.5 Å². The van der Waals surface area contributed by atoms with Gasteiger partial charge in [0.25, 0.3) is 27.5 Å². The summed E-state index contributed by atoms with van der Waals surface area (Å²) in [5.74, 6) is -0.647. The van der Waals surface area contributed by atoms with Crippen LogP contribution in [0.4, 0.5) is 17.1 Å². The van der Waals surface area contributed by atoms with E-state index < -0.39 is 27.4 Å². The Kier molecular flexibility index (Phi) is 9.81. The summed E-state index contributed by atoms with van der Waals surface area (Å²) < 4.78 is 33.0. The highest BCUT2D eigenvalue weighted by molar-refractivity contribution is 7.92. The lowest BCUT2D eigenvalue weighted by Gasteiger charge is -2.23. The van der Waals surface area contributed by atoms with Crippen LogP contribution in [-0.4, -0.2) is 44.5 Å². The van der Waals surface area contributed by atoms with E-state index in [4.69, 9.17) is 4.74 Å². The lowest BCUT2D eigenvalue weighted by molar-refractivity contribution is -0.384. The molecule has 2 amide bonds. The Morgan fingerprint density at radius 1 is 0.930 bits per heavy atom. The number of non-ortho nitro benzene ring substituents is 1.